The van der Waals surface area contributed by atoms with E-state index in [4.69, 9.17) is 10.2 Å². The second-order valence-electron chi connectivity index (χ2n) is 3.46. The lowest BCUT2D eigenvalue weighted by Gasteiger charge is -2.16. The highest BCUT2D eigenvalue weighted by molar-refractivity contribution is 7.98. The maximum Gasteiger partial charge on any atom is 0.326 e. The lowest BCUT2D eigenvalue weighted by Crippen LogP contribution is -2.49. The van der Waals surface area contributed by atoms with Crippen molar-refractivity contribution in [2.45, 2.75) is 25.4 Å². The molecule has 0 fully saturated rings. The summed E-state index contributed by atoms with van der Waals surface area (Å²) in [6.45, 7) is 1.77. The summed E-state index contributed by atoms with van der Waals surface area (Å²) >= 11 is 1.53. The van der Waals surface area contributed by atoms with Crippen LogP contribution in [0.3, 0.4) is 0 Å². The molecule has 0 bridgehead atoms. The molecular formula is C9H16N2O5S. The lowest BCUT2D eigenvalue weighted by molar-refractivity contribution is -0.145. The normalized spacial score (nSPS) is 13.5. The van der Waals surface area contributed by atoms with Gasteiger partial charge < -0.3 is 20.8 Å². The topological polar surface area (TPSA) is 116 Å². The fraction of sp³-hybridized carbons (Fsp3) is 0.667. The van der Waals surface area contributed by atoms with Crippen molar-refractivity contribution in [3.8, 4) is 0 Å². The molecule has 17 heavy (non-hydrogen) atoms. The SMILES string of the molecule is CSCC(C)NC(=O)NC(CC(=O)O)C(=O)O. The van der Waals surface area contributed by atoms with Crippen molar-refractivity contribution in [3.05, 3.63) is 0 Å². The molecule has 0 heterocycles. The van der Waals surface area contributed by atoms with Crippen molar-refractivity contribution in [2.75, 3.05) is 12.0 Å². The van der Waals surface area contributed by atoms with Crippen LogP contribution in [0.1, 0.15) is 13.3 Å². The number of nitrogens with one attached hydrogen (secondary N) is 2. The minimum absolute atomic E-state index is 0.121. The first-order chi connectivity index (χ1) is 7.86. The molecule has 7 nitrogen and oxygen atoms in total. The summed E-state index contributed by atoms with van der Waals surface area (Å²) in [7, 11) is 0. The van der Waals surface area contributed by atoms with Gasteiger partial charge in [-0.3, -0.25) is 4.79 Å². The summed E-state index contributed by atoms with van der Waals surface area (Å²) in [6, 6.07) is -2.22. The third-order valence-corrected chi connectivity index (χ3v) is 2.61. The summed E-state index contributed by atoms with van der Waals surface area (Å²) in [4.78, 5) is 32.4. The summed E-state index contributed by atoms with van der Waals surface area (Å²) in [6.07, 6.45) is 1.22. The van der Waals surface area contributed by atoms with Crippen LogP contribution in [0.25, 0.3) is 0 Å². The Balaban J connectivity index is 4.21. The van der Waals surface area contributed by atoms with E-state index in [2.05, 4.69) is 10.6 Å². The predicted octanol–water partition coefficient (Wildman–Crippen LogP) is -0.0350. The molecule has 0 rings (SSSR count). The molecular weight excluding hydrogens is 248 g/mol. The van der Waals surface area contributed by atoms with Crippen LogP contribution in [0.15, 0.2) is 0 Å². The molecule has 0 aliphatic heterocycles. The average Bonchev–Trinajstić information content (AvgIpc) is 2.15. The minimum Gasteiger partial charge on any atom is -0.481 e. The molecule has 0 spiro atoms. The van der Waals surface area contributed by atoms with Gasteiger partial charge in [-0.05, 0) is 13.2 Å². The van der Waals surface area contributed by atoms with E-state index in [1.807, 2.05) is 6.26 Å². The molecule has 2 amide bonds. The van der Waals surface area contributed by atoms with Gasteiger partial charge in [-0.1, -0.05) is 0 Å². The van der Waals surface area contributed by atoms with Crippen LogP contribution in [0.4, 0.5) is 4.79 Å². The molecule has 0 aromatic carbocycles. The highest BCUT2D eigenvalue weighted by atomic mass is 32.2. The number of rotatable bonds is 7. The second kappa shape index (κ2) is 7.77. The molecule has 0 aromatic rings. The van der Waals surface area contributed by atoms with Crippen LogP contribution in [0.2, 0.25) is 0 Å². The van der Waals surface area contributed by atoms with Crippen LogP contribution in [0, 0.1) is 0 Å². The number of carboxylic acid groups (broad SMARTS) is 2. The fourth-order valence-corrected chi connectivity index (χ4v) is 1.67. The molecule has 0 saturated carbocycles. The van der Waals surface area contributed by atoms with Gasteiger partial charge >= 0.3 is 18.0 Å². The predicted molar refractivity (Wildman–Crippen MR) is 63.2 cm³/mol. The van der Waals surface area contributed by atoms with Gasteiger partial charge in [0.05, 0.1) is 6.42 Å². The van der Waals surface area contributed by atoms with Gasteiger partial charge in [0.2, 0.25) is 0 Å². The Bertz CT molecular complexity index is 297. The molecule has 0 aliphatic carbocycles. The van der Waals surface area contributed by atoms with Crippen LogP contribution in [-0.4, -0.2) is 52.3 Å². The van der Waals surface area contributed by atoms with Crippen LogP contribution in [0.5, 0.6) is 0 Å². The van der Waals surface area contributed by atoms with Crippen molar-refractivity contribution in [1.29, 1.82) is 0 Å². The second-order valence-corrected chi connectivity index (χ2v) is 4.37. The monoisotopic (exact) mass is 264 g/mol. The lowest BCUT2D eigenvalue weighted by atomic mass is 10.2. The van der Waals surface area contributed by atoms with E-state index in [1.54, 1.807) is 6.92 Å². The number of amides is 2. The third kappa shape index (κ3) is 7.45. The van der Waals surface area contributed by atoms with Crippen LogP contribution < -0.4 is 10.6 Å². The first-order valence-electron chi connectivity index (χ1n) is 4.87. The zero-order valence-electron chi connectivity index (χ0n) is 9.60. The van der Waals surface area contributed by atoms with Crippen molar-refractivity contribution in [3.63, 3.8) is 0 Å². The first-order valence-corrected chi connectivity index (χ1v) is 6.26. The molecule has 4 N–H and O–H groups in total. The Labute approximate surface area is 103 Å². The van der Waals surface area contributed by atoms with Gasteiger partial charge in [0.1, 0.15) is 6.04 Å². The first kappa shape index (κ1) is 15.6. The average molecular weight is 264 g/mol. The number of carboxylic acids is 2. The number of urea groups is 1. The van der Waals surface area contributed by atoms with E-state index >= 15 is 0 Å². The smallest absolute Gasteiger partial charge is 0.326 e. The Morgan fingerprint density at radius 1 is 1.24 bits per heavy atom. The Morgan fingerprint density at radius 2 is 1.82 bits per heavy atom. The fourth-order valence-electron chi connectivity index (χ4n) is 1.09. The Hall–Kier alpha value is -1.44. The summed E-state index contributed by atoms with van der Waals surface area (Å²) in [5.41, 5.74) is 0. The Kier molecular flexibility index (Phi) is 7.11. The summed E-state index contributed by atoms with van der Waals surface area (Å²) < 4.78 is 0. The standard InChI is InChI=1S/C9H16N2O5S/c1-5(4-17-2)10-9(16)11-6(8(14)15)3-7(12)13/h5-6H,3-4H2,1-2H3,(H,12,13)(H,14,15)(H2,10,11,16). The largest absolute Gasteiger partial charge is 0.481 e. The molecule has 0 saturated heterocycles. The van der Waals surface area contributed by atoms with Gasteiger partial charge in [-0.15, -0.1) is 0 Å². The molecule has 2 atom stereocenters. The summed E-state index contributed by atoms with van der Waals surface area (Å²) in [5.74, 6) is -1.97. The van der Waals surface area contributed by atoms with E-state index in [-0.39, 0.29) is 6.04 Å². The van der Waals surface area contributed by atoms with Crippen LogP contribution >= 0.6 is 11.8 Å². The van der Waals surface area contributed by atoms with E-state index in [9.17, 15) is 14.4 Å². The van der Waals surface area contributed by atoms with Gasteiger partial charge in [0, 0.05) is 11.8 Å². The minimum atomic E-state index is -1.42. The number of thioether (sulfide) groups is 1. The molecule has 8 heteroatoms. The summed E-state index contributed by atoms with van der Waals surface area (Å²) in [5, 5.41) is 21.8. The number of hydrogen-bond donors (Lipinski definition) is 4. The van der Waals surface area contributed by atoms with Gasteiger partial charge in [-0.2, -0.15) is 11.8 Å². The molecule has 0 aromatic heterocycles. The van der Waals surface area contributed by atoms with E-state index in [1.165, 1.54) is 11.8 Å². The molecule has 2 unspecified atom stereocenters. The van der Waals surface area contributed by atoms with Crippen LogP contribution in [-0.2, 0) is 9.59 Å². The van der Waals surface area contributed by atoms with Gasteiger partial charge in [-0.25, -0.2) is 9.59 Å². The Morgan fingerprint density at radius 3 is 2.24 bits per heavy atom. The number of carbonyl (C=O) groups excluding carboxylic acids is 1. The zero-order chi connectivity index (χ0) is 13.4. The maximum atomic E-state index is 11.3. The molecule has 0 radical (unpaired) electrons. The van der Waals surface area contributed by atoms with Crippen molar-refractivity contribution < 1.29 is 24.6 Å². The number of aliphatic carboxylic acids is 2. The molecule has 98 valence electrons. The van der Waals surface area contributed by atoms with Crippen molar-refractivity contribution >= 4 is 29.7 Å². The van der Waals surface area contributed by atoms with Crippen molar-refractivity contribution in [1.82, 2.24) is 10.6 Å². The van der Waals surface area contributed by atoms with E-state index < -0.39 is 30.4 Å². The molecule has 0 aliphatic rings. The number of carbonyl (C=O) groups is 3. The van der Waals surface area contributed by atoms with Gasteiger partial charge in [0.15, 0.2) is 0 Å². The van der Waals surface area contributed by atoms with E-state index in [0.29, 0.717) is 5.75 Å². The van der Waals surface area contributed by atoms with E-state index in [0.717, 1.165) is 0 Å². The third-order valence-electron chi connectivity index (χ3n) is 1.78. The highest BCUT2D eigenvalue weighted by Crippen LogP contribution is 1.97. The highest BCUT2D eigenvalue weighted by Gasteiger charge is 2.23. The zero-order valence-corrected chi connectivity index (χ0v) is 10.4. The maximum absolute atomic E-state index is 11.3. The van der Waals surface area contributed by atoms with Gasteiger partial charge in [0.25, 0.3) is 0 Å². The van der Waals surface area contributed by atoms with Crippen molar-refractivity contribution in [2.24, 2.45) is 0 Å². The number of hydrogen-bond acceptors (Lipinski definition) is 4. The quantitative estimate of drug-likeness (QED) is 0.513.